The van der Waals surface area contributed by atoms with Gasteiger partial charge in [0.15, 0.2) is 35.1 Å². The molecule has 322 valence electrons. The van der Waals surface area contributed by atoms with E-state index in [-0.39, 0.29) is 40.5 Å². The first kappa shape index (κ1) is 44.3. The van der Waals surface area contributed by atoms with E-state index in [1.807, 2.05) is 25.3 Å². The lowest BCUT2D eigenvalue weighted by Crippen LogP contribution is -2.43. The van der Waals surface area contributed by atoms with Crippen molar-refractivity contribution < 1.29 is 34.3 Å². The average Bonchev–Trinajstić information content (AvgIpc) is 3.99. The number of ether oxygens (including phenoxy) is 3. The number of unbranched alkanes of at least 4 members (excludes halogenated alkanes) is 2. The van der Waals surface area contributed by atoms with E-state index in [9.17, 15) is 15.3 Å². The second kappa shape index (κ2) is 19.9. The molecule has 1 spiro atoms. The fourth-order valence-electron chi connectivity index (χ4n) is 10.9. The number of aliphatic hydroxyl groups is 1. The highest BCUT2D eigenvalue weighted by Gasteiger charge is 2.49. The van der Waals surface area contributed by atoms with Crippen LogP contribution < -0.4 is 25.4 Å². The topological polar surface area (TPSA) is 154 Å². The maximum atomic E-state index is 15.0. The molecule has 11 heteroatoms. The van der Waals surface area contributed by atoms with Crippen molar-refractivity contribution in [2.24, 2.45) is 28.2 Å². The van der Waals surface area contributed by atoms with E-state index in [1.54, 1.807) is 20.2 Å². The third-order valence-corrected chi connectivity index (χ3v) is 14.1. The molecule has 6 rings (SSSR count). The van der Waals surface area contributed by atoms with E-state index in [1.165, 1.54) is 7.11 Å². The number of fused-ring (bicyclic) bond motifs is 4. The van der Waals surface area contributed by atoms with Crippen LogP contribution in [-0.4, -0.2) is 73.8 Å². The second-order valence-corrected chi connectivity index (χ2v) is 17.7. The van der Waals surface area contributed by atoms with Crippen molar-refractivity contribution in [3.8, 4) is 35.0 Å². The number of phenolic OH excluding ortho intramolecular Hbond substituents is 2. The molecule has 2 aromatic rings. The van der Waals surface area contributed by atoms with Gasteiger partial charge in [0.2, 0.25) is 5.96 Å². The first-order valence-corrected chi connectivity index (χ1v) is 22.0. The summed E-state index contributed by atoms with van der Waals surface area (Å²) in [4.78, 5) is 19.5. The number of aliphatic hydroxyl groups excluding tert-OH is 1. The molecule has 0 amide bonds. The number of likely N-dealkylation sites (N-methyl/N-ethyl adjacent to an activating group) is 1. The summed E-state index contributed by atoms with van der Waals surface area (Å²) in [6.07, 6.45) is 18.0. The predicted octanol–water partition coefficient (Wildman–Crippen LogP) is 8.11. The molecule has 0 saturated heterocycles. The maximum Gasteiger partial charge on any atom is 0.207 e. The minimum Gasteiger partial charge on any atom is -0.504 e. The summed E-state index contributed by atoms with van der Waals surface area (Å²) in [5.74, 6) is 5.05. The van der Waals surface area contributed by atoms with Crippen LogP contribution in [0.3, 0.4) is 0 Å². The summed E-state index contributed by atoms with van der Waals surface area (Å²) >= 11 is 0. The number of carbonyl (C=O) groups excluding carboxylic acids is 1. The zero-order valence-electron chi connectivity index (χ0n) is 36.0. The van der Waals surface area contributed by atoms with Crippen LogP contribution in [-0.2, 0) is 21.4 Å². The van der Waals surface area contributed by atoms with Gasteiger partial charge in [0.05, 0.1) is 12.8 Å². The summed E-state index contributed by atoms with van der Waals surface area (Å²) < 4.78 is 17.7. The monoisotopic (exact) mass is 813 g/mol. The third-order valence-electron chi connectivity index (χ3n) is 14.1. The van der Waals surface area contributed by atoms with Gasteiger partial charge < -0.3 is 40.2 Å². The summed E-state index contributed by atoms with van der Waals surface area (Å²) in [6.45, 7) is 2.80. The summed E-state index contributed by atoms with van der Waals surface area (Å²) in [5, 5.41) is 42.7. The molecule has 0 unspecified atom stereocenters. The fraction of sp³-hybridized carbons (Fsp3) is 0.625. The molecule has 4 aliphatic rings. The number of allylic oxidation sites excluding steroid dienone is 2. The Morgan fingerprint density at radius 3 is 2.58 bits per heavy atom. The molecule has 2 aromatic carbocycles. The maximum absolute atomic E-state index is 15.0. The van der Waals surface area contributed by atoms with Crippen LogP contribution in [0.5, 0.6) is 23.0 Å². The molecule has 6 N–H and O–H groups in total. The molecule has 3 saturated carbocycles. The van der Waals surface area contributed by atoms with Crippen molar-refractivity contribution in [2.75, 3.05) is 40.2 Å². The number of aromatic hydroxyl groups is 2. The number of carbonyl (C=O) groups is 1. The second-order valence-electron chi connectivity index (χ2n) is 17.7. The number of aliphatic imine (C=N–C) groups is 1. The average molecular weight is 813 g/mol. The Bertz CT molecular complexity index is 1880. The van der Waals surface area contributed by atoms with Crippen molar-refractivity contribution in [1.82, 2.24) is 10.6 Å². The van der Waals surface area contributed by atoms with Gasteiger partial charge in [0.1, 0.15) is 5.60 Å². The van der Waals surface area contributed by atoms with Crippen LogP contribution in [0.1, 0.15) is 121 Å². The predicted molar refractivity (Wildman–Crippen MR) is 233 cm³/mol. The van der Waals surface area contributed by atoms with Gasteiger partial charge in [-0.1, -0.05) is 63.5 Å². The SMILES string of the molecule is CCCCC[C@@H]1/C=C/C(=O)[C@]2(Cc3ccc(O)c(OC)c3)CCC[C@H]2CC#CNC(=NC)Nc2cc(cc(O[C@]3(CNC)CC[C@H](C[C@H](O)OC)C3)c2O)C12CCCC2. The van der Waals surface area contributed by atoms with Gasteiger partial charge in [-0.15, -0.1) is 0 Å². The van der Waals surface area contributed by atoms with E-state index in [0.717, 1.165) is 94.6 Å². The lowest BCUT2D eigenvalue weighted by molar-refractivity contribution is -0.125. The minimum absolute atomic E-state index is 0.00429. The van der Waals surface area contributed by atoms with Crippen LogP contribution in [0, 0.1) is 35.1 Å². The number of hydrogen-bond acceptors (Lipinski definition) is 9. The van der Waals surface area contributed by atoms with Crippen LogP contribution >= 0.6 is 0 Å². The largest absolute Gasteiger partial charge is 0.504 e. The molecular formula is C48H68N4O7. The number of nitrogens with one attached hydrogen (secondary N) is 3. The standard InChI is InChI=1S/C48H68N4O7/c1-6-7-8-13-36-17-19-42(54)48(31-33-16-18-39(53)40(26-33)57-4)23-11-14-35(48)15-12-25-51-45(50-3)52-38-28-37(47(36)21-9-10-22-47)29-41(44(38)56)59-46(32-49-2)24-20-34(30-46)27-43(55)58-5/h16-19,26,28-29,34-36,43,49,53,55-56H,6-11,13-15,20-24,27,30-32H2,1-5H3,(H2,50,51,52)/b19-17+/t34-,35+,36-,43-,46-,48+/m1/s1. The van der Waals surface area contributed by atoms with Crippen molar-refractivity contribution in [3.05, 3.63) is 53.6 Å². The van der Waals surface area contributed by atoms with Gasteiger partial charge in [-0.2, -0.15) is 0 Å². The van der Waals surface area contributed by atoms with Crippen molar-refractivity contribution >= 4 is 17.4 Å². The number of hydrogen-bond donors (Lipinski definition) is 6. The van der Waals surface area contributed by atoms with Gasteiger partial charge in [0, 0.05) is 50.4 Å². The number of nitrogens with zero attached hydrogens (tertiary/aromatic N) is 1. The summed E-state index contributed by atoms with van der Waals surface area (Å²) in [6, 6.07) is 12.6. The smallest absolute Gasteiger partial charge is 0.207 e. The molecular weight excluding hydrogens is 745 g/mol. The van der Waals surface area contributed by atoms with Crippen molar-refractivity contribution in [3.63, 3.8) is 0 Å². The zero-order chi connectivity index (χ0) is 42.0. The highest BCUT2D eigenvalue weighted by atomic mass is 16.6. The van der Waals surface area contributed by atoms with E-state index < -0.39 is 17.3 Å². The van der Waals surface area contributed by atoms with Crippen LogP contribution in [0.25, 0.3) is 0 Å². The first-order valence-electron chi connectivity index (χ1n) is 22.0. The van der Waals surface area contributed by atoms with Gasteiger partial charge >= 0.3 is 0 Å². The fourth-order valence-corrected chi connectivity index (χ4v) is 10.9. The van der Waals surface area contributed by atoms with Gasteiger partial charge in [-0.05, 0) is 124 Å². The lowest BCUT2D eigenvalue weighted by Gasteiger charge is -2.39. The Labute approximate surface area is 351 Å². The number of methoxy groups -OCH3 is 2. The highest BCUT2D eigenvalue weighted by molar-refractivity contribution is 5.97. The van der Waals surface area contributed by atoms with E-state index in [2.05, 4.69) is 58.0 Å². The number of anilines is 1. The van der Waals surface area contributed by atoms with Crippen LogP contribution in [0.2, 0.25) is 0 Å². The minimum atomic E-state index is -0.835. The molecule has 1 aliphatic heterocycles. The number of ketones is 1. The molecule has 59 heavy (non-hydrogen) atoms. The number of guanidine groups is 1. The molecule has 1 heterocycles. The molecule has 11 nitrogen and oxygen atoms in total. The van der Waals surface area contributed by atoms with E-state index >= 15 is 4.79 Å². The normalized spacial score (nSPS) is 28.3. The molecule has 3 fully saturated rings. The molecule has 2 bridgehead atoms. The summed E-state index contributed by atoms with van der Waals surface area (Å²) in [7, 11) is 6.67. The number of benzene rings is 2. The molecule has 6 atom stereocenters. The summed E-state index contributed by atoms with van der Waals surface area (Å²) in [5.41, 5.74) is 0.949. The first-order chi connectivity index (χ1) is 28.5. The Kier molecular flexibility index (Phi) is 14.9. The molecule has 0 aromatic heterocycles. The van der Waals surface area contributed by atoms with Crippen LogP contribution in [0.15, 0.2) is 47.5 Å². The number of phenols is 2. The molecule has 0 radical (unpaired) electrons. The Hall–Kier alpha value is -4.24. The van der Waals surface area contributed by atoms with E-state index in [4.69, 9.17) is 14.2 Å². The Morgan fingerprint density at radius 2 is 1.85 bits per heavy atom. The van der Waals surface area contributed by atoms with Crippen LogP contribution in [0.4, 0.5) is 5.69 Å². The Morgan fingerprint density at radius 1 is 1.03 bits per heavy atom. The van der Waals surface area contributed by atoms with Crippen molar-refractivity contribution in [1.29, 1.82) is 0 Å². The molecule has 3 aliphatic carbocycles. The van der Waals surface area contributed by atoms with E-state index in [0.29, 0.717) is 55.4 Å². The lowest BCUT2D eigenvalue weighted by atomic mass is 9.65. The quantitative estimate of drug-likeness (QED) is 0.0478. The Balaban J connectivity index is 1.47. The zero-order valence-corrected chi connectivity index (χ0v) is 36.0. The number of rotatable bonds is 14. The van der Waals surface area contributed by atoms with Crippen molar-refractivity contribution in [2.45, 2.75) is 133 Å². The third kappa shape index (κ3) is 9.88. The van der Waals surface area contributed by atoms with Gasteiger partial charge in [0.25, 0.3) is 0 Å². The van der Waals surface area contributed by atoms with Gasteiger partial charge in [-0.25, -0.2) is 0 Å². The highest BCUT2D eigenvalue weighted by Crippen LogP contribution is 2.54. The van der Waals surface area contributed by atoms with Gasteiger partial charge in [-0.3, -0.25) is 15.1 Å².